The van der Waals surface area contributed by atoms with Gasteiger partial charge < -0.3 is 9.42 Å². The molecule has 0 spiro atoms. The zero-order valence-electron chi connectivity index (χ0n) is 13.3. The van der Waals surface area contributed by atoms with Crippen molar-refractivity contribution in [1.82, 2.24) is 25.4 Å². The second-order valence-corrected chi connectivity index (χ2v) is 6.64. The van der Waals surface area contributed by atoms with Crippen molar-refractivity contribution in [2.75, 3.05) is 13.1 Å². The van der Waals surface area contributed by atoms with Crippen LogP contribution in [0.25, 0.3) is 0 Å². The fraction of sp³-hybridized carbons (Fsp3) is 0.667. The zero-order chi connectivity index (χ0) is 16.0. The quantitative estimate of drug-likeness (QED) is 0.838. The average molecular weight is 317 g/mol. The molecule has 1 aliphatic heterocycles. The van der Waals surface area contributed by atoms with Gasteiger partial charge in [0.25, 0.3) is 0 Å². The summed E-state index contributed by atoms with van der Waals surface area (Å²) in [4.78, 5) is 19.0. The minimum Gasteiger partial charge on any atom is -0.341 e. The van der Waals surface area contributed by atoms with Crippen molar-refractivity contribution in [3.05, 3.63) is 23.1 Å². The molecule has 8 nitrogen and oxygen atoms in total. The van der Waals surface area contributed by atoms with Gasteiger partial charge in [-0.25, -0.2) is 4.63 Å². The molecule has 122 valence electrons. The van der Waals surface area contributed by atoms with E-state index in [1.165, 1.54) is 0 Å². The highest BCUT2D eigenvalue weighted by atomic mass is 16.6. The van der Waals surface area contributed by atoms with E-state index in [9.17, 15) is 4.79 Å². The highest BCUT2D eigenvalue weighted by molar-refractivity contribution is 5.79. The van der Waals surface area contributed by atoms with Gasteiger partial charge in [-0.2, -0.15) is 4.98 Å². The first kappa shape index (κ1) is 14.3. The molecule has 2 atom stereocenters. The molecule has 2 fully saturated rings. The largest absolute Gasteiger partial charge is 0.341 e. The van der Waals surface area contributed by atoms with Crippen molar-refractivity contribution in [3.63, 3.8) is 0 Å². The zero-order valence-corrected chi connectivity index (χ0v) is 13.3. The lowest BCUT2D eigenvalue weighted by atomic mass is 9.80. The lowest BCUT2D eigenvalue weighted by Gasteiger charge is -2.24. The van der Waals surface area contributed by atoms with Gasteiger partial charge in [0, 0.05) is 13.1 Å². The standard InChI is InChI=1S/C15H19N5O3/c1-9-12(19-23-17-9)6-13(21)20-7-11-4-3-5-15(11,8-20)14-16-10(2)18-22-14/h11H,3-8H2,1-2H3/t11-,15-/m0/s1. The Bertz CT molecular complexity index is 739. The van der Waals surface area contributed by atoms with Gasteiger partial charge in [0.05, 0.1) is 11.8 Å². The Kier molecular flexibility index (Phi) is 3.21. The van der Waals surface area contributed by atoms with E-state index >= 15 is 0 Å². The third-order valence-electron chi connectivity index (χ3n) is 5.24. The van der Waals surface area contributed by atoms with Gasteiger partial charge in [-0.05, 0) is 32.6 Å². The number of aryl methyl sites for hydroxylation is 2. The van der Waals surface area contributed by atoms with E-state index < -0.39 is 0 Å². The van der Waals surface area contributed by atoms with Gasteiger partial charge in [-0.1, -0.05) is 21.9 Å². The first-order valence-electron chi connectivity index (χ1n) is 7.95. The van der Waals surface area contributed by atoms with Crippen LogP contribution in [-0.2, 0) is 16.6 Å². The Morgan fingerprint density at radius 1 is 1.35 bits per heavy atom. The van der Waals surface area contributed by atoms with E-state index in [1.54, 1.807) is 6.92 Å². The lowest BCUT2D eigenvalue weighted by molar-refractivity contribution is -0.129. The van der Waals surface area contributed by atoms with Gasteiger partial charge >= 0.3 is 0 Å². The second-order valence-electron chi connectivity index (χ2n) is 6.64. The van der Waals surface area contributed by atoms with Crippen LogP contribution in [0.3, 0.4) is 0 Å². The van der Waals surface area contributed by atoms with Crippen LogP contribution in [0.5, 0.6) is 0 Å². The average Bonchev–Trinajstić information content (AvgIpc) is 3.23. The van der Waals surface area contributed by atoms with E-state index in [1.807, 2.05) is 11.8 Å². The van der Waals surface area contributed by atoms with Gasteiger partial charge in [0.15, 0.2) is 5.82 Å². The number of hydrogen-bond donors (Lipinski definition) is 0. The molecule has 0 radical (unpaired) electrons. The molecule has 1 saturated carbocycles. The number of likely N-dealkylation sites (tertiary alicyclic amines) is 1. The molecular formula is C15H19N5O3. The van der Waals surface area contributed by atoms with E-state index in [0.29, 0.717) is 35.6 Å². The fourth-order valence-electron chi connectivity index (χ4n) is 3.99. The first-order chi connectivity index (χ1) is 11.1. The number of carbonyl (C=O) groups is 1. The molecule has 2 aliphatic rings. The topological polar surface area (TPSA) is 98.2 Å². The van der Waals surface area contributed by atoms with Gasteiger partial charge in [0.1, 0.15) is 11.4 Å². The number of nitrogens with zero attached hydrogens (tertiary/aromatic N) is 5. The molecule has 23 heavy (non-hydrogen) atoms. The maximum atomic E-state index is 12.6. The minimum atomic E-state index is -0.173. The second kappa shape index (κ2) is 5.14. The van der Waals surface area contributed by atoms with Crippen molar-refractivity contribution in [3.8, 4) is 0 Å². The van der Waals surface area contributed by atoms with Crippen LogP contribution in [0.4, 0.5) is 0 Å². The summed E-state index contributed by atoms with van der Waals surface area (Å²) in [5.74, 6) is 1.78. The predicted molar refractivity (Wildman–Crippen MR) is 77.4 cm³/mol. The third kappa shape index (κ3) is 2.24. The van der Waals surface area contributed by atoms with E-state index in [0.717, 1.165) is 25.8 Å². The Balaban J connectivity index is 1.55. The Labute approximate surface area is 133 Å². The molecule has 1 amide bonds. The number of rotatable bonds is 3. The van der Waals surface area contributed by atoms with Crippen LogP contribution in [-0.4, -0.2) is 44.4 Å². The van der Waals surface area contributed by atoms with E-state index in [-0.39, 0.29) is 17.7 Å². The summed E-state index contributed by atoms with van der Waals surface area (Å²) >= 11 is 0. The highest BCUT2D eigenvalue weighted by Crippen LogP contribution is 2.49. The van der Waals surface area contributed by atoms with Crippen molar-refractivity contribution in [1.29, 1.82) is 0 Å². The van der Waals surface area contributed by atoms with Crippen molar-refractivity contribution in [2.45, 2.75) is 44.9 Å². The molecule has 8 heteroatoms. The minimum absolute atomic E-state index is 0.0498. The molecule has 1 aliphatic carbocycles. The monoisotopic (exact) mass is 317 g/mol. The number of hydrogen-bond acceptors (Lipinski definition) is 7. The molecule has 0 bridgehead atoms. The third-order valence-corrected chi connectivity index (χ3v) is 5.24. The Morgan fingerprint density at radius 3 is 2.91 bits per heavy atom. The predicted octanol–water partition coefficient (Wildman–Crippen LogP) is 1.19. The first-order valence-corrected chi connectivity index (χ1v) is 7.95. The van der Waals surface area contributed by atoms with Crippen LogP contribution >= 0.6 is 0 Å². The fourth-order valence-corrected chi connectivity index (χ4v) is 3.99. The summed E-state index contributed by atoms with van der Waals surface area (Å²) in [7, 11) is 0. The molecule has 0 N–H and O–H groups in total. The van der Waals surface area contributed by atoms with Crippen LogP contribution < -0.4 is 0 Å². The normalized spacial score (nSPS) is 26.7. The van der Waals surface area contributed by atoms with Crippen LogP contribution in [0, 0.1) is 19.8 Å². The SMILES string of the molecule is Cc1noc([C@]23CCC[C@H]2CN(C(=O)Cc2nonc2C)C3)n1. The molecule has 0 aromatic carbocycles. The van der Waals surface area contributed by atoms with Gasteiger partial charge in [0.2, 0.25) is 11.8 Å². The summed E-state index contributed by atoms with van der Waals surface area (Å²) in [6.45, 7) is 5.00. The molecule has 2 aromatic rings. The Hall–Kier alpha value is -2.25. The smallest absolute Gasteiger partial charge is 0.234 e. The number of aromatic nitrogens is 4. The van der Waals surface area contributed by atoms with Crippen LogP contribution in [0.15, 0.2) is 9.15 Å². The number of fused-ring (bicyclic) bond motifs is 1. The van der Waals surface area contributed by atoms with Gasteiger partial charge in [-0.15, -0.1) is 0 Å². The van der Waals surface area contributed by atoms with Crippen molar-refractivity contribution >= 4 is 5.91 Å². The van der Waals surface area contributed by atoms with Crippen LogP contribution in [0.1, 0.15) is 42.4 Å². The van der Waals surface area contributed by atoms with E-state index in [4.69, 9.17) is 4.52 Å². The van der Waals surface area contributed by atoms with Crippen LogP contribution in [0.2, 0.25) is 0 Å². The molecule has 2 aromatic heterocycles. The maximum absolute atomic E-state index is 12.6. The molecule has 0 unspecified atom stereocenters. The summed E-state index contributed by atoms with van der Waals surface area (Å²) in [6, 6.07) is 0. The summed E-state index contributed by atoms with van der Waals surface area (Å²) in [5.41, 5.74) is 1.10. The summed E-state index contributed by atoms with van der Waals surface area (Å²) in [5, 5.41) is 11.5. The number of carbonyl (C=O) groups excluding carboxylic acids is 1. The van der Waals surface area contributed by atoms with Crippen molar-refractivity contribution < 1.29 is 13.9 Å². The molecule has 3 heterocycles. The summed E-state index contributed by atoms with van der Waals surface area (Å²) < 4.78 is 10.1. The maximum Gasteiger partial charge on any atom is 0.234 e. The lowest BCUT2D eigenvalue weighted by Crippen LogP contribution is -2.35. The summed E-state index contributed by atoms with van der Waals surface area (Å²) in [6.07, 6.45) is 3.45. The van der Waals surface area contributed by atoms with Crippen molar-refractivity contribution in [2.24, 2.45) is 5.92 Å². The Morgan fingerprint density at radius 2 is 2.22 bits per heavy atom. The highest BCUT2D eigenvalue weighted by Gasteiger charge is 2.55. The van der Waals surface area contributed by atoms with Gasteiger partial charge in [-0.3, -0.25) is 4.79 Å². The molecule has 1 saturated heterocycles. The molecule has 4 rings (SSSR count). The van der Waals surface area contributed by atoms with E-state index in [2.05, 4.69) is 25.1 Å². The molecular weight excluding hydrogens is 298 g/mol. The number of amides is 1.